The molecule has 1 unspecified atom stereocenters. The van der Waals surface area contributed by atoms with Gasteiger partial charge in [0.2, 0.25) is 0 Å². The SMILES string of the molecule is O=C(O)CC(O)(CC(=O)O)C(=O)O.c1cncc(C2CCCCN2)c1. The van der Waals surface area contributed by atoms with E-state index in [9.17, 15) is 14.4 Å². The Balaban J connectivity index is 0.000000250. The van der Waals surface area contributed by atoms with Crippen LogP contribution in [0.3, 0.4) is 0 Å². The molecular weight excluding hydrogens is 332 g/mol. The van der Waals surface area contributed by atoms with Gasteiger partial charge < -0.3 is 25.7 Å². The Kier molecular flexibility index (Phi) is 7.96. The first kappa shape index (κ1) is 20.5. The number of hydrogen-bond acceptors (Lipinski definition) is 6. The molecule has 0 spiro atoms. The van der Waals surface area contributed by atoms with E-state index in [-0.39, 0.29) is 0 Å². The number of carboxylic acids is 3. The van der Waals surface area contributed by atoms with Crippen LogP contribution in [0.15, 0.2) is 24.5 Å². The summed E-state index contributed by atoms with van der Waals surface area (Å²) in [5.41, 5.74) is -1.41. The van der Waals surface area contributed by atoms with Gasteiger partial charge in [0.15, 0.2) is 5.60 Å². The summed E-state index contributed by atoms with van der Waals surface area (Å²) in [5, 5.41) is 37.3. The van der Waals surface area contributed by atoms with Gasteiger partial charge in [-0.1, -0.05) is 12.5 Å². The third-order valence-corrected chi connectivity index (χ3v) is 3.68. The third kappa shape index (κ3) is 7.27. The molecule has 0 aromatic carbocycles. The van der Waals surface area contributed by atoms with Gasteiger partial charge in [-0.2, -0.15) is 0 Å². The molecule has 0 radical (unpaired) electrons. The topological polar surface area (TPSA) is 157 Å². The first-order chi connectivity index (χ1) is 11.7. The number of aliphatic carboxylic acids is 3. The lowest BCUT2D eigenvalue weighted by Gasteiger charge is -2.23. The van der Waals surface area contributed by atoms with E-state index in [0.29, 0.717) is 6.04 Å². The summed E-state index contributed by atoms with van der Waals surface area (Å²) < 4.78 is 0. The Labute approximate surface area is 144 Å². The highest BCUT2D eigenvalue weighted by molar-refractivity contribution is 5.88. The van der Waals surface area contributed by atoms with Gasteiger partial charge in [0.1, 0.15) is 0 Å². The molecule has 0 bridgehead atoms. The van der Waals surface area contributed by atoms with Gasteiger partial charge in [-0.25, -0.2) is 4.79 Å². The Morgan fingerprint density at radius 3 is 2.20 bits per heavy atom. The largest absolute Gasteiger partial charge is 0.481 e. The average molecular weight is 354 g/mol. The number of aliphatic hydroxyl groups is 1. The van der Waals surface area contributed by atoms with Crippen LogP contribution >= 0.6 is 0 Å². The fourth-order valence-corrected chi connectivity index (χ4v) is 2.43. The summed E-state index contributed by atoms with van der Waals surface area (Å²) in [7, 11) is 0. The molecule has 2 heterocycles. The number of nitrogens with one attached hydrogen (secondary N) is 1. The minimum absolute atomic E-state index is 0.549. The van der Waals surface area contributed by atoms with Gasteiger partial charge in [0.05, 0.1) is 12.8 Å². The van der Waals surface area contributed by atoms with Gasteiger partial charge in [0, 0.05) is 18.4 Å². The normalized spacial score (nSPS) is 17.1. The van der Waals surface area contributed by atoms with Crippen molar-refractivity contribution in [2.75, 3.05) is 6.54 Å². The van der Waals surface area contributed by atoms with Crippen molar-refractivity contribution in [2.24, 2.45) is 0 Å². The van der Waals surface area contributed by atoms with Crippen LogP contribution in [0.25, 0.3) is 0 Å². The highest BCUT2D eigenvalue weighted by Crippen LogP contribution is 2.21. The van der Waals surface area contributed by atoms with Gasteiger partial charge in [-0.3, -0.25) is 14.6 Å². The average Bonchev–Trinajstić information content (AvgIpc) is 2.55. The van der Waals surface area contributed by atoms with E-state index in [1.165, 1.54) is 24.8 Å². The maximum atomic E-state index is 10.3. The first-order valence-electron chi connectivity index (χ1n) is 7.77. The fourth-order valence-electron chi connectivity index (χ4n) is 2.43. The molecular formula is C16H22N2O7. The van der Waals surface area contributed by atoms with Crippen LogP contribution in [-0.2, 0) is 14.4 Å². The van der Waals surface area contributed by atoms with E-state index in [1.54, 1.807) is 0 Å². The molecule has 2 rings (SSSR count). The Morgan fingerprint density at radius 2 is 1.80 bits per heavy atom. The lowest BCUT2D eigenvalue weighted by atomic mass is 9.96. The number of nitrogens with zero attached hydrogens (tertiary/aromatic N) is 1. The molecule has 9 nitrogen and oxygen atoms in total. The van der Waals surface area contributed by atoms with Gasteiger partial charge in [-0.05, 0) is 31.0 Å². The van der Waals surface area contributed by atoms with E-state index < -0.39 is 36.4 Å². The zero-order valence-corrected chi connectivity index (χ0v) is 13.6. The summed E-state index contributed by atoms with van der Waals surface area (Å²) in [4.78, 5) is 34.6. The summed E-state index contributed by atoms with van der Waals surface area (Å²) >= 11 is 0. The van der Waals surface area contributed by atoms with Crippen LogP contribution in [0.2, 0.25) is 0 Å². The van der Waals surface area contributed by atoms with Crippen molar-refractivity contribution >= 4 is 17.9 Å². The number of hydrogen-bond donors (Lipinski definition) is 5. The Hall–Kier alpha value is -2.52. The lowest BCUT2D eigenvalue weighted by molar-refractivity contribution is -0.170. The molecule has 9 heteroatoms. The highest BCUT2D eigenvalue weighted by Gasteiger charge is 2.40. The van der Waals surface area contributed by atoms with Crippen LogP contribution in [0, 0.1) is 0 Å². The minimum atomic E-state index is -2.74. The lowest BCUT2D eigenvalue weighted by Crippen LogP contribution is -2.42. The Morgan fingerprint density at radius 1 is 1.16 bits per heavy atom. The molecule has 25 heavy (non-hydrogen) atoms. The molecule has 1 aromatic rings. The number of rotatable bonds is 6. The van der Waals surface area contributed by atoms with Gasteiger partial charge in [0.25, 0.3) is 0 Å². The fraction of sp³-hybridized carbons (Fsp3) is 0.500. The van der Waals surface area contributed by atoms with Crippen LogP contribution in [0.1, 0.15) is 43.7 Å². The number of aromatic nitrogens is 1. The van der Waals surface area contributed by atoms with Crippen LogP contribution in [-0.4, -0.2) is 55.5 Å². The van der Waals surface area contributed by atoms with E-state index in [2.05, 4.69) is 16.4 Å². The summed E-state index contributed by atoms with van der Waals surface area (Å²) in [5.74, 6) is -5.02. The number of carbonyl (C=O) groups is 3. The molecule has 0 saturated carbocycles. The second-order valence-electron chi connectivity index (χ2n) is 5.77. The predicted octanol–water partition coefficient (Wildman–Crippen LogP) is 0.648. The predicted molar refractivity (Wildman–Crippen MR) is 85.9 cm³/mol. The van der Waals surface area contributed by atoms with E-state index in [1.807, 2.05) is 18.5 Å². The van der Waals surface area contributed by atoms with E-state index in [0.717, 1.165) is 6.54 Å². The molecule has 1 saturated heterocycles. The first-order valence-corrected chi connectivity index (χ1v) is 7.77. The van der Waals surface area contributed by atoms with Crippen molar-refractivity contribution in [2.45, 2.75) is 43.7 Å². The van der Waals surface area contributed by atoms with Crippen LogP contribution < -0.4 is 5.32 Å². The van der Waals surface area contributed by atoms with Crippen molar-refractivity contribution in [3.63, 3.8) is 0 Å². The molecule has 1 aromatic heterocycles. The summed E-state index contributed by atoms with van der Waals surface area (Å²) in [6, 6.07) is 4.70. The summed E-state index contributed by atoms with van der Waals surface area (Å²) in [6.07, 6.45) is 5.41. The van der Waals surface area contributed by atoms with Gasteiger partial charge in [-0.15, -0.1) is 0 Å². The maximum Gasteiger partial charge on any atom is 0.336 e. The molecule has 1 aliphatic rings. The second kappa shape index (κ2) is 9.70. The van der Waals surface area contributed by atoms with Crippen molar-refractivity contribution in [1.82, 2.24) is 10.3 Å². The maximum absolute atomic E-state index is 10.3. The molecule has 0 amide bonds. The highest BCUT2D eigenvalue weighted by atomic mass is 16.4. The third-order valence-electron chi connectivity index (χ3n) is 3.68. The number of carboxylic acid groups (broad SMARTS) is 3. The quantitative estimate of drug-likeness (QED) is 0.494. The second-order valence-corrected chi connectivity index (χ2v) is 5.77. The van der Waals surface area contributed by atoms with Crippen molar-refractivity contribution in [3.05, 3.63) is 30.1 Å². The monoisotopic (exact) mass is 354 g/mol. The molecule has 1 aliphatic heterocycles. The zero-order valence-electron chi connectivity index (χ0n) is 13.6. The van der Waals surface area contributed by atoms with Crippen molar-refractivity contribution in [1.29, 1.82) is 0 Å². The molecule has 5 N–H and O–H groups in total. The number of pyridine rings is 1. The van der Waals surface area contributed by atoms with Crippen LogP contribution in [0.5, 0.6) is 0 Å². The molecule has 1 fully saturated rings. The van der Waals surface area contributed by atoms with Crippen molar-refractivity contribution < 1.29 is 34.8 Å². The standard InChI is InChI=1S/C10H14N2.C6H8O7/c1-2-7-12-10(5-1)9-4-3-6-11-8-9;7-3(8)1-6(13,5(11)12)2-4(9)10/h3-4,6,8,10,12H,1-2,5,7H2;13H,1-2H2,(H,7,8)(H,9,10)(H,11,12). The number of piperidine rings is 1. The van der Waals surface area contributed by atoms with Crippen LogP contribution in [0.4, 0.5) is 0 Å². The smallest absolute Gasteiger partial charge is 0.336 e. The van der Waals surface area contributed by atoms with E-state index in [4.69, 9.17) is 20.4 Å². The van der Waals surface area contributed by atoms with Crippen molar-refractivity contribution in [3.8, 4) is 0 Å². The molecule has 0 aliphatic carbocycles. The summed E-state index contributed by atoms with van der Waals surface area (Å²) in [6.45, 7) is 1.15. The van der Waals surface area contributed by atoms with E-state index >= 15 is 0 Å². The zero-order chi connectivity index (χ0) is 18.9. The Bertz CT molecular complexity index is 569. The minimum Gasteiger partial charge on any atom is -0.481 e. The van der Waals surface area contributed by atoms with Gasteiger partial charge >= 0.3 is 17.9 Å². The molecule has 138 valence electrons. The molecule has 1 atom stereocenters.